The van der Waals surface area contributed by atoms with E-state index in [2.05, 4.69) is 42.5 Å². The van der Waals surface area contributed by atoms with Crippen molar-refractivity contribution in [3.63, 3.8) is 0 Å². The normalized spacial score (nSPS) is 11.2. The van der Waals surface area contributed by atoms with Crippen molar-refractivity contribution in [1.82, 2.24) is 9.97 Å². The Hall–Kier alpha value is -3.41. The number of halogens is 1. The molecule has 0 aliphatic rings. The monoisotopic (exact) mass is 452 g/mol. The van der Waals surface area contributed by atoms with Crippen molar-refractivity contribution in [3.8, 4) is 18.2 Å². The lowest BCUT2D eigenvalue weighted by atomic mass is 10.1. The van der Waals surface area contributed by atoms with Crippen LogP contribution in [0.25, 0.3) is 0 Å². The lowest BCUT2D eigenvalue weighted by Crippen LogP contribution is -2.20. The van der Waals surface area contributed by atoms with Gasteiger partial charge in [0.25, 0.3) is 5.91 Å². The highest BCUT2D eigenvalue weighted by Crippen LogP contribution is 2.25. The molecule has 0 saturated carbocycles. The maximum atomic E-state index is 12.3. The highest BCUT2D eigenvalue weighted by atomic mass is 79.9. The number of nitrogens with zero attached hydrogens (tertiary/aromatic N) is 2. The predicted molar refractivity (Wildman–Crippen MR) is 114 cm³/mol. The first-order valence-corrected chi connectivity index (χ1v) is 9.36. The highest BCUT2D eigenvalue weighted by Gasteiger charge is 2.17. The predicted octanol–water partition coefficient (Wildman–Crippen LogP) is 3.67. The molecule has 1 atom stereocenters. The zero-order chi connectivity index (χ0) is 20.6. The van der Waals surface area contributed by atoms with Gasteiger partial charge in [0.2, 0.25) is 11.8 Å². The topological polar surface area (TPSA) is 96.4 Å². The van der Waals surface area contributed by atoms with E-state index in [-0.39, 0.29) is 6.61 Å². The van der Waals surface area contributed by atoms with Crippen molar-refractivity contribution in [2.75, 3.05) is 17.2 Å². The van der Waals surface area contributed by atoms with Gasteiger partial charge >= 0.3 is 0 Å². The van der Waals surface area contributed by atoms with Crippen LogP contribution in [-0.4, -0.2) is 27.6 Å². The van der Waals surface area contributed by atoms with E-state index < -0.39 is 12.0 Å². The molecule has 146 valence electrons. The molecular formula is C21H17BrN4O3. The smallest absolute Gasteiger partial charge is 0.257 e. The van der Waals surface area contributed by atoms with Crippen LogP contribution in [0.2, 0.25) is 0 Å². The number of rotatable bonds is 7. The van der Waals surface area contributed by atoms with E-state index in [0.717, 1.165) is 0 Å². The molecule has 2 aromatic carbocycles. The molecule has 29 heavy (non-hydrogen) atoms. The van der Waals surface area contributed by atoms with E-state index >= 15 is 0 Å². The average molecular weight is 453 g/mol. The van der Waals surface area contributed by atoms with Crippen molar-refractivity contribution in [1.29, 1.82) is 0 Å². The summed E-state index contributed by atoms with van der Waals surface area (Å²) in [4.78, 5) is 20.7. The number of anilines is 3. The first-order chi connectivity index (χ1) is 14.1. The second kappa shape index (κ2) is 9.68. The quantitative estimate of drug-likeness (QED) is 0.473. The number of nitrogens with one attached hydrogen (secondary N) is 2. The summed E-state index contributed by atoms with van der Waals surface area (Å²) in [5.74, 6) is 2.46. The maximum Gasteiger partial charge on any atom is 0.257 e. The molecule has 7 nitrogen and oxygen atoms in total. The fourth-order valence-electron chi connectivity index (χ4n) is 2.42. The summed E-state index contributed by atoms with van der Waals surface area (Å²) in [7, 11) is 0. The molecule has 1 aromatic heterocycles. The van der Waals surface area contributed by atoms with Crippen LogP contribution in [0.15, 0.2) is 65.3 Å². The van der Waals surface area contributed by atoms with Gasteiger partial charge in [-0.25, -0.2) is 4.98 Å². The number of aliphatic hydroxyl groups is 1. The summed E-state index contributed by atoms with van der Waals surface area (Å²) in [6.45, 7) is 0.0836. The molecule has 0 radical (unpaired) electrons. The molecule has 8 heteroatoms. The Morgan fingerprint density at radius 3 is 2.72 bits per heavy atom. The minimum Gasteiger partial charge on any atom is -0.464 e. The summed E-state index contributed by atoms with van der Waals surface area (Å²) in [5.41, 5.74) is 1.67. The van der Waals surface area contributed by atoms with Crippen LogP contribution in [0, 0.1) is 12.3 Å². The van der Waals surface area contributed by atoms with E-state index in [4.69, 9.17) is 11.2 Å². The molecule has 3 N–H and O–H groups in total. The van der Waals surface area contributed by atoms with Gasteiger partial charge in [0.15, 0.2) is 12.7 Å². The van der Waals surface area contributed by atoms with Crippen LogP contribution in [0.5, 0.6) is 5.88 Å². The zero-order valence-corrected chi connectivity index (χ0v) is 16.8. The molecule has 0 saturated heterocycles. The van der Waals surface area contributed by atoms with Crippen LogP contribution < -0.4 is 15.4 Å². The molecule has 1 amide bonds. The molecule has 1 heterocycles. The molecule has 3 aromatic rings. The number of aliphatic hydroxyl groups excluding tert-OH is 1. The number of ether oxygens (including phenoxy) is 1. The molecule has 0 spiro atoms. The summed E-state index contributed by atoms with van der Waals surface area (Å²) >= 11 is 3.30. The zero-order valence-electron chi connectivity index (χ0n) is 15.2. The number of carbonyl (C=O) groups is 1. The average Bonchev–Trinajstić information content (AvgIpc) is 2.74. The Labute approximate surface area is 176 Å². The van der Waals surface area contributed by atoms with Gasteiger partial charge in [0.05, 0.1) is 10.7 Å². The lowest BCUT2D eigenvalue weighted by molar-refractivity contribution is -0.124. The van der Waals surface area contributed by atoms with Crippen LogP contribution in [0.1, 0.15) is 11.7 Å². The van der Waals surface area contributed by atoms with Gasteiger partial charge in [0.1, 0.15) is 0 Å². The van der Waals surface area contributed by atoms with E-state index in [9.17, 15) is 9.90 Å². The third-order valence-electron chi connectivity index (χ3n) is 3.75. The van der Waals surface area contributed by atoms with Crippen LogP contribution in [0.4, 0.5) is 17.3 Å². The number of hydrogen-bond acceptors (Lipinski definition) is 6. The molecule has 3 rings (SSSR count). The Balaban J connectivity index is 1.70. The van der Waals surface area contributed by atoms with Crippen LogP contribution in [0.3, 0.4) is 0 Å². The highest BCUT2D eigenvalue weighted by molar-refractivity contribution is 9.10. The van der Waals surface area contributed by atoms with Crippen molar-refractivity contribution >= 4 is 39.2 Å². The van der Waals surface area contributed by atoms with E-state index in [1.807, 2.05) is 6.07 Å². The minimum atomic E-state index is -1.27. The summed E-state index contributed by atoms with van der Waals surface area (Å²) in [5, 5.41) is 15.9. The van der Waals surface area contributed by atoms with Gasteiger partial charge in [-0.3, -0.25) is 4.79 Å². The van der Waals surface area contributed by atoms with Gasteiger partial charge in [-0.05, 0) is 39.7 Å². The third-order valence-corrected chi connectivity index (χ3v) is 4.30. The maximum absolute atomic E-state index is 12.3. The standard InChI is InChI=1S/C21H17BrN4O3/c1-2-11-29-20-17(22)13-23-21(26-20)25-16-10-6-9-15(12-16)24-19(28)18(27)14-7-4-3-5-8-14/h1,3-10,12-13,18,27H,11H2,(H,24,28)(H,23,25,26)/t18-/m1/s1. The Kier molecular flexibility index (Phi) is 6.79. The van der Waals surface area contributed by atoms with Crippen molar-refractivity contribution in [3.05, 3.63) is 70.8 Å². The summed E-state index contributed by atoms with van der Waals surface area (Å²) < 4.78 is 5.93. The molecule has 0 aliphatic heterocycles. The lowest BCUT2D eigenvalue weighted by Gasteiger charge is -2.13. The van der Waals surface area contributed by atoms with Crippen molar-refractivity contribution in [2.24, 2.45) is 0 Å². The molecular weight excluding hydrogens is 436 g/mol. The second-order valence-corrected chi connectivity index (χ2v) is 6.70. The van der Waals surface area contributed by atoms with E-state index in [1.165, 1.54) is 0 Å². The second-order valence-electron chi connectivity index (χ2n) is 5.85. The first-order valence-electron chi connectivity index (χ1n) is 8.56. The Bertz CT molecular complexity index is 1040. The van der Waals surface area contributed by atoms with Crippen LogP contribution in [-0.2, 0) is 4.79 Å². The molecule has 0 bridgehead atoms. The number of hydrogen-bond donors (Lipinski definition) is 3. The molecule has 0 aliphatic carbocycles. The number of amides is 1. The number of aromatic nitrogens is 2. The Morgan fingerprint density at radius 1 is 1.21 bits per heavy atom. The van der Waals surface area contributed by atoms with E-state index in [0.29, 0.717) is 33.2 Å². The summed E-state index contributed by atoms with van der Waals surface area (Å²) in [6.07, 6.45) is 5.48. The van der Waals surface area contributed by atoms with Crippen LogP contribution >= 0.6 is 15.9 Å². The number of benzene rings is 2. The van der Waals surface area contributed by atoms with Crippen molar-refractivity contribution < 1.29 is 14.6 Å². The van der Waals surface area contributed by atoms with Gasteiger partial charge in [-0.15, -0.1) is 6.42 Å². The summed E-state index contributed by atoms with van der Waals surface area (Å²) in [6, 6.07) is 15.7. The number of carbonyl (C=O) groups excluding carboxylic acids is 1. The fourth-order valence-corrected chi connectivity index (χ4v) is 2.73. The molecule has 0 fully saturated rings. The Morgan fingerprint density at radius 2 is 1.97 bits per heavy atom. The third kappa shape index (κ3) is 5.54. The fraction of sp³-hybridized carbons (Fsp3) is 0.0952. The molecule has 0 unspecified atom stereocenters. The van der Waals surface area contributed by atoms with Gasteiger partial charge in [-0.1, -0.05) is 42.3 Å². The SMILES string of the molecule is C#CCOc1nc(Nc2cccc(NC(=O)[C@H](O)c3ccccc3)c2)ncc1Br. The van der Waals surface area contributed by atoms with E-state index in [1.54, 1.807) is 54.7 Å². The number of terminal acetylenes is 1. The van der Waals surface area contributed by atoms with Gasteiger partial charge in [-0.2, -0.15) is 4.98 Å². The first kappa shape index (κ1) is 20.3. The van der Waals surface area contributed by atoms with Crippen molar-refractivity contribution in [2.45, 2.75) is 6.10 Å². The van der Waals surface area contributed by atoms with Gasteiger partial charge in [0, 0.05) is 11.4 Å². The minimum absolute atomic E-state index is 0.0836. The largest absolute Gasteiger partial charge is 0.464 e. The van der Waals surface area contributed by atoms with Gasteiger partial charge < -0.3 is 20.5 Å².